The number of carbonyl (C=O) groups is 1. The van der Waals surface area contributed by atoms with Crippen LogP contribution >= 0.6 is 0 Å². The minimum absolute atomic E-state index is 0.0137. The number of methoxy groups -OCH3 is 1. The molecule has 11 heteroatoms. The number of hydrogen-bond acceptors (Lipinski definition) is 11. The predicted molar refractivity (Wildman–Crippen MR) is 160 cm³/mol. The lowest BCUT2D eigenvalue weighted by Gasteiger charge is -2.48. The van der Waals surface area contributed by atoms with Gasteiger partial charge >= 0.3 is 5.97 Å². The van der Waals surface area contributed by atoms with Crippen molar-refractivity contribution in [2.45, 2.75) is 135 Å². The summed E-state index contributed by atoms with van der Waals surface area (Å²) >= 11 is 0. The van der Waals surface area contributed by atoms with E-state index in [4.69, 9.17) is 18.9 Å². The van der Waals surface area contributed by atoms with Crippen LogP contribution in [0.3, 0.4) is 0 Å². The second-order valence-corrected chi connectivity index (χ2v) is 13.4. The summed E-state index contributed by atoms with van der Waals surface area (Å²) < 4.78 is 24.4. The topological polar surface area (TPSA) is 151 Å². The highest BCUT2D eigenvalue weighted by Gasteiger charge is 2.51. The molecule has 11 nitrogen and oxygen atoms in total. The summed E-state index contributed by atoms with van der Waals surface area (Å²) in [7, 11) is 7.14. The number of aliphatic hydroxyl groups is 4. The van der Waals surface area contributed by atoms with Crippen molar-refractivity contribution in [3.63, 3.8) is 0 Å². The summed E-state index contributed by atoms with van der Waals surface area (Å²) in [6, 6.07) is -0.0137. The molecule has 0 spiro atoms. The van der Waals surface area contributed by atoms with E-state index in [1.807, 2.05) is 27.9 Å². The highest BCUT2D eigenvalue weighted by Crippen LogP contribution is 2.38. The largest absolute Gasteiger partial charge is 0.459 e. The Bertz CT molecular complexity index is 911. The molecular weight excluding hydrogens is 544 g/mol. The van der Waals surface area contributed by atoms with Gasteiger partial charge in [-0.2, -0.15) is 0 Å². The second kappa shape index (κ2) is 14.7. The number of likely N-dealkylation sites (N-methyl/N-ethyl adjacent to an activating group) is 1. The Kier molecular flexibility index (Phi) is 13.0. The SMILES string of the molecule is CC[C@H]1OC(=O)[C@H](C)[C@@H](O)[C@H](C)[C@@H](O[C@@H]2O[C@H](C)C[C@H](N(C)C)[C@H]2OC)[C@](C)(O)C[C@@H](C)C(=NC)[C@H](C)[C@@H](O)[C@]1(C)O. The second-order valence-electron chi connectivity index (χ2n) is 13.4. The molecular formula is C31H58N2O9. The van der Waals surface area contributed by atoms with Gasteiger partial charge in [-0.05, 0) is 67.0 Å². The highest BCUT2D eigenvalue weighted by atomic mass is 16.7. The van der Waals surface area contributed by atoms with E-state index in [1.165, 1.54) is 6.92 Å². The van der Waals surface area contributed by atoms with Gasteiger partial charge in [0.05, 0.1) is 35.9 Å². The summed E-state index contributed by atoms with van der Waals surface area (Å²) in [4.78, 5) is 19.8. The van der Waals surface area contributed by atoms with Crippen LogP contribution in [0.4, 0.5) is 0 Å². The summed E-state index contributed by atoms with van der Waals surface area (Å²) in [6.45, 7) is 13.7. The van der Waals surface area contributed by atoms with Crippen LogP contribution < -0.4 is 0 Å². The lowest BCUT2D eigenvalue weighted by Crippen LogP contribution is -2.60. The predicted octanol–water partition coefficient (Wildman–Crippen LogP) is 2.02. The Balaban J connectivity index is 2.62. The fourth-order valence-electron chi connectivity index (χ4n) is 7.09. The third-order valence-corrected chi connectivity index (χ3v) is 9.62. The van der Waals surface area contributed by atoms with E-state index < -0.39 is 71.7 Å². The van der Waals surface area contributed by atoms with E-state index in [2.05, 4.69) is 9.89 Å². The first-order valence-corrected chi connectivity index (χ1v) is 15.3. The molecule has 0 aromatic heterocycles. The maximum atomic E-state index is 13.3. The Morgan fingerprint density at radius 3 is 2.17 bits per heavy atom. The number of aliphatic imine (C=N–C) groups is 1. The normalized spacial score (nSPS) is 47.7. The fraction of sp³-hybridized carbons (Fsp3) is 0.935. The third-order valence-electron chi connectivity index (χ3n) is 9.62. The smallest absolute Gasteiger partial charge is 0.311 e. The molecule has 0 radical (unpaired) electrons. The van der Waals surface area contributed by atoms with Crippen molar-refractivity contribution in [3.05, 3.63) is 0 Å². The van der Waals surface area contributed by atoms with E-state index >= 15 is 0 Å². The molecule has 42 heavy (non-hydrogen) atoms. The first-order chi connectivity index (χ1) is 19.3. The van der Waals surface area contributed by atoms with Crippen molar-refractivity contribution in [1.29, 1.82) is 0 Å². The van der Waals surface area contributed by atoms with Gasteiger partial charge in [0, 0.05) is 37.7 Å². The Hall–Kier alpha value is -1.18. The van der Waals surface area contributed by atoms with Gasteiger partial charge in [0.15, 0.2) is 6.29 Å². The van der Waals surface area contributed by atoms with E-state index in [0.29, 0.717) is 5.71 Å². The number of nitrogens with zero attached hydrogens (tertiary/aromatic N) is 2. The zero-order valence-corrected chi connectivity index (χ0v) is 27.8. The molecule has 0 saturated carbocycles. The van der Waals surface area contributed by atoms with Crippen LogP contribution in [-0.2, 0) is 23.7 Å². The van der Waals surface area contributed by atoms with Crippen LogP contribution in [0.1, 0.15) is 74.7 Å². The number of aliphatic hydroxyl groups excluding tert-OH is 2. The van der Waals surface area contributed by atoms with E-state index in [1.54, 1.807) is 48.8 Å². The standard InChI is InChI=1S/C31H58N2O9/c1-13-22-31(8,38)26(35)18(4)23(32-9)16(2)15-30(7,37)27(19(5)24(34)20(6)28(36)41-22)42-29-25(39-12)21(33(10)11)14-17(3)40-29/h16-22,24-27,29,34-35,37-38H,13-15H2,1-12H3/t16-,17-,18+,19+,20-,21+,22-,24+,25-,26-,27-,29+,30-,31-/m1/s1. The molecule has 2 heterocycles. The van der Waals surface area contributed by atoms with E-state index in [0.717, 1.165) is 6.42 Å². The molecule has 14 atom stereocenters. The van der Waals surface area contributed by atoms with Crippen LogP contribution in [-0.4, -0.2) is 125 Å². The summed E-state index contributed by atoms with van der Waals surface area (Å²) in [6.07, 6.45) is -4.95. The molecule has 0 aromatic carbocycles. The van der Waals surface area contributed by atoms with Crippen LogP contribution in [0.2, 0.25) is 0 Å². The van der Waals surface area contributed by atoms with Crippen molar-refractivity contribution < 1.29 is 44.2 Å². The molecule has 2 rings (SSSR count). The number of ether oxygens (including phenoxy) is 4. The Morgan fingerprint density at radius 2 is 1.67 bits per heavy atom. The molecule has 0 aromatic rings. The van der Waals surface area contributed by atoms with Gasteiger partial charge in [-0.3, -0.25) is 9.79 Å². The van der Waals surface area contributed by atoms with Gasteiger partial charge in [-0.25, -0.2) is 0 Å². The Morgan fingerprint density at radius 1 is 1.07 bits per heavy atom. The molecule has 2 aliphatic rings. The molecule has 4 N–H and O–H groups in total. The average molecular weight is 603 g/mol. The molecule has 246 valence electrons. The first-order valence-electron chi connectivity index (χ1n) is 15.3. The molecule has 2 fully saturated rings. The molecule has 0 unspecified atom stereocenters. The maximum Gasteiger partial charge on any atom is 0.311 e. The molecule has 0 bridgehead atoms. The van der Waals surface area contributed by atoms with Crippen molar-refractivity contribution in [1.82, 2.24) is 4.90 Å². The quantitative estimate of drug-likeness (QED) is 0.344. The molecule has 0 aliphatic carbocycles. The minimum atomic E-state index is -1.79. The zero-order chi connectivity index (χ0) is 32.3. The Labute approximate surface area is 252 Å². The molecule has 2 aliphatic heterocycles. The number of rotatable bonds is 5. The number of esters is 1. The highest BCUT2D eigenvalue weighted by molar-refractivity contribution is 5.89. The fourth-order valence-corrected chi connectivity index (χ4v) is 7.09. The number of hydrogen-bond donors (Lipinski definition) is 4. The van der Waals surface area contributed by atoms with Gasteiger partial charge in [0.2, 0.25) is 0 Å². The van der Waals surface area contributed by atoms with E-state index in [-0.39, 0.29) is 30.9 Å². The van der Waals surface area contributed by atoms with Crippen molar-refractivity contribution in [3.8, 4) is 0 Å². The van der Waals surface area contributed by atoms with Crippen molar-refractivity contribution >= 4 is 11.7 Å². The minimum Gasteiger partial charge on any atom is -0.459 e. The number of carbonyl (C=O) groups excluding carboxylic acids is 1. The number of cyclic esters (lactones) is 1. The van der Waals surface area contributed by atoms with Crippen molar-refractivity contribution in [2.75, 3.05) is 28.3 Å². The van der Waals surface area contributed by atoms with E-state index in [9.17, 15) is 25.2 Å². The van der Waals surface area contributed by atoms with Crippen LogP contribution in [0, 0.1) is 23.7 Å². The lowest BCUT2D eigenvalue weighted by molar-refractivity contribution is -0.302. The monoisotopic (exact) mass is 602 g/mol. The maximum absolute atomic E-state index is 13.3. The first kappa shape index (κ1) is 37.0. The van der Waals surface area contributed by atoms with Crippen LogP contribution in [0.15, 0.2) is 4.99 Å². The summed E-state index contributed by atoms with van der Waals surface area (Å²) in [5.41, 5.74) is -2.74. The van der Waals surface area contributed by atoms with Gasteiger partial charge in [0.25, 0.3) is 0 Å². The van der Waals surface area contributed by atoms with Gasteiger partial charge < -0.3 is 44.3 Å². The zero-order valence-electron chi connectivity index (χ0n) is 27.8. The molecule has 0 amide bonds. The lowest BCUT2D eigenvalue weighted by atomic mass is 9.73. The summed E-state index contributed by atoms with van der Waals surface area (Å²) in [5.74, 6) is -3.46. The van der Waals surface area contributed by atoms with Crippen molar-refractivity contribution in [2.24, 2.45) is 28.7 Å². The van der Waals surface area contributed by atoms with Gasteiger partial charge in [-0.1, -0.05) is 27.7 Å². The average Bonchev–Trinajstić information content (AvgIpc) is 2.91. The third kappa shape index (κ3) is 7.90. The van der Waals surface area contributed by atoms with Crippen LogP contribution in [0.5, 0.6) is 0 Å². The van der Waals surface area contributed by atoms with Gasteiger partial charge in [0.1, 0.15) is 17.8 Å². The molecule has 2 saturated heterocycles. The van der Waals surface area contributed by atoms with Crippen LogP contribution in [0.25, 0.3) is 0 Å². The summed E-state index contributed by atoms with van der Waals surface area (Å²) in [5, 5.41) is 46.4. The van der Waals surface area contributed by atoms with Gasteiger partial charge in [-0.15, -0.1) is 0 Å².